The molecule has 1 N–H and O–H groups in total. The fourth-order valence-corrected chi connectivity index (χ4v) is 3.79. The molecule has 2 heteroatoms. The molecule has 0 aliphatic heterocycles. The van der Waals surface area contributed by atoms with Crippen LogP contribution in [0.3, 0.4) is 0 Å². The molecular formula is C18H35NO. The number of ether oxygens (including phenoxy) is 1. The third-order valence-electron chi connectivity index (χ3n) is 5.46. The van der Waals surface area contributed by atoms with E-state index in [9.17, 15) is 0 Å². The summed E-state index contributed by atoms with van der Waals surface area (Å²) in [4.78, 5) is 0. The minimum atomic E-state index is 0.308. The summed E-state index contributed by atoms with van der Waals surface area (Å²) in [5.41, 5.74) is 0.308. The lowest BCUT2D eigenvalue weighted by Crippen LogP contribution is -2.61. The van der Waals surface area contributed by atoms with Gasteiger partial charge in [0.1, 0.15) is 0 Å². The summed E-state index contributed by atoms with van der Waals surface area (Å²) in [6.45, 7) is 11.3. The van der Waals surface area contributed by atoms with Gasteiger partial charge in [-0.05, 0) is 37.6 Å². The minimum Gasteiger partial charge on any atom is -0.377 e. The van der Waals surface area contributed by atoms with E-state index in [2.05, 4.69) is 33.0 Å². The molecule has 2 aliphatic rings. The van der Waals surface area contributed by atoms with Crippen molar-refractivity contribution in [2.45, 2.75) is 84.8 Å². The topological polar surface area (TPSA) is 21.3 Å². The van der Waals surface area contributed by atoms with Crippen LogP contribution in [-0.2, 0) is 4.74 Å². The second-order valence-corrected chi connectivity index (χ2v) is 8.07. The molecule has 2 atom stereocenters. The van der Waals surface area contributed by atoms with Gasteiger partial charge < -0.3 is 10.1 Å². The van der Waals surface area contributed by atoms with Crippen LogP contribution in [0.4, 0.5) is 0 Å². The first-order valence-corrected chi connectivity index (χ1v) is 8.85. The Morgan fingerprint density at radius 3 is 2.50 bits per heavy atom. The van der Waals surface area contributed by atoms with Crippen molar-refractivity contribution >= 4 is 0 Å². The van der Waals surface area contributed by atoms with Crippen LogP contribution >= 0.6 is 0 Å². The maximum absolute atomic E-state index is 6.03. The highest BCUT2D eigenvalue weighted by Gasteiger charge is 2.48. The molecule has 0 saturated heterocycles. The van der Waals surface area contributed by atoms with Gasteiger partial charge in [-0.15, -0.1) is 0 Å². The largest absolute Gasteiger partial charge is 0.377 e. The fourth-order valence-electron chi connectivity index (χ4n) is 3.79. The van der Waals surface area contributed by atoms with E-state index in [-0.39, 0.29) is 0 Å². The fraction of sp³-hybridized carbons (Fsp3) is 1.00. The molecule has 20 heavy (non-hydrogen) atoms. The van der Waals surface area contributed by atoms with Crippen molar-refractivity contribution in [3.05, 3.63) is 0 Å². The van der Waals surface area contributed by atoms with Gasteiger partial charge in [0.05, 0.1) is 6.10 Å². The van der Waals surface area contributed by atoms with Crippen LogP contribution < -0.4 is 5.32 Å². The van der Waals surface area contributed by atoms with Crippen LogP contribution in [0.1, 0.15) is 72.6 Å². The third kappa shape index (κ3) is 4.21. The lowest BCUT2D eigenvalue weighted by molar-refractivity contribution is -0.123. The monoisotopic (exact) mass is 281 g/mol. The summed E-state index contributed by atoms with van der Waals surface area (Å²) in [5.74, 6) is 1.68. The molecule has 0 heterocycles. The van der Waals surface area contributed by atoms with Gasteiger partial charge in [-0.25, -0.2) is 0 Å². The standard InChI is InChI=1S/C18H35NO/c1-14(2)13-20-17-12-16(18(17,3)4)19-11-7-10-15-8-5-6-9-15/h14-17,19H,5-13H2,1-4H3. The first-order chi connectivity index (χ1) is 9.50. The van der Waals surface area contributed by atoms with Crippen LogP contribution in [-0.4, -0.2) is 25.3 Å². The van der Waals surface area contributed by atoms with Crippen molar-refractivity contribution < 1.29 is 4.74 Å². The molecule has 2 unspecified atom stereocenters. The molecule has 0 radical (unpaired) electrons. The molecule has 2 aliphatic carbocycles. The molecule has 118 valence electrons. The van der Waals surface area contributed by atoms with Gasteiger partial charge in [-0.1, -0.05) is 53.4 Å². The van der Waals surface area contributed by atoms with Gasteiger partial charge >= 0.3 is 0 Å². The summed E-state index contributed by atoms with van der Waals surface area (Å²) in [5, 5.41) is 3.77. The van der Waals surface area contributed by atoms with Crippen molar-refractivity contribution in [1.82, 2.24) is 5.32 Å². The van der Waals surface area contributed by atoms with Crippen molar-refractivity contribution in [3.8, 4) is 0 Å². The first kappa shape index (κ1) is 16.3. The Morgan fingerprint density at radius 2 is 1.90 bits per heavy atom. The molecule has 0 aromatic carbocycles. The van der Waals surface area contributed by atoms with E-state index in [1.807, 2.05) is 0 Å². The van der Waals surface area contributed by atoms with E-state index in [4.69, 9.17) is 4.74 Å². The SMILES string of the molecule is CC(C)COC1CC(NCCCC2CCCC2)C1(C)C. The van der Waals surface area contributed by atoms with Crippen molar-refractivity contribution in [2.24, 2.45) is 17.3 Å². The molecular weight excluding hydrogens is 246 g/mol. The van der Waals surface area contributed by atoms with E-state index in [1.165, 1.54) is 51.5 Å². The van der Waals surface area contributed by atoms with E-state index >= 15 is 0 Å². The molecule has 2 saturated carbocycles. The maximum Gasteiger partial charge on any atom is 0.0656 e. The second kappa shape index (κ2) is 7.26. The highest BCUT2D eigenvalue weighted by Crippen LogP contribution is 2.43. The predicted molar refractivity (Wildman–Crippen MR) is 86.0 cm³/mol. The van der Waals surface area contributed by atoms with Crippen molar-refractivity contribution in [2.75, 3.05) is 13.2 Å². The lowest BCUT2D eigenvalue weighted by Gasteiger charge is -2.52. The molecule has 2 fully saturated rings. The normalized spacial score (nSPS) is 29.9. The Balaban J connectivity index is 1.57. The Kier molecular flexibility index (Phi) is 5.92. The average molecular weight is 281 g/mol. The van der Waals surface area contributed by atoms with Crippen LogP contribution in [0.15, 0.2) is 0 Å². The van der Waals surface area contributed by atoms with Crippen LogP contribution in [0, 0.1) is 17.3 Å². The van der Waals surface area contributed by atoms with Crippen LogP contribution in [0.25, 0.3) is 0 Å². The quantitative estimate of drug-likeness (QED) is 0.666. The van der Waals surface area contributed by atoms with Crippen molar-refractivity contribution in [3.63, 3.8) is 0 Å². The zero-order valence-electron chi connectivity index (χ0n) is 14.1. The van der Waals surface area contributed by atoms with Gasteiger partial charge in [0.15, 0.2) is 0 Å². The Morgan fingerprint density at radius 1 is 1.20 bits per heavy atom. The first-order valence-electron chi connectivity index (χ1n) is 8.85. The van der Waals surface area contributed by atoms with E-state index < -0.39 is 0 Å². The third-order valence-corrected chi connectivity index (χ3v) is 5.46. The number of hydrogen-bond donors (Lipinski definition) is 1. The summed E-state index contributed by atoms with van der Waals surface area (Å²) in [6, 6.07) is 0.656. The minimum absolute atomic E-state index is 0.308. The summed E-state index contributed by atoms with van der Waals surface area (Å²) in [6.07, 6.45) is 10.4. The van der Waals surface area contributed by atoms with Gasteiger partial charge in [0.25, 0.3) is 0 Å². The Labute approximate surface area is 126 Å². The smallest absolute Gasteiger partial charge is 0.0656 e. The molecule has 0 amide bonds. The molecule has 2 rings (SSSR count). The van der Waals surface area contributed by atoms with Gasteiger partial charge in [0, 0.05) is 18.1 Å². The van der Waals surface area contributed by atoms with Crippen LogP contribution in [0.2, 0.25) is 0 Å². The Hall–Kier alpha value is -0.0800. The van der Waals surface area contributed by atoms with Gasteiger partial charge in [0.2, 0.25) is 0 Å². The highest BCUT2D eigenvalue weighted by molar-refractivity contribution is 5.02. The molecule has 0 bridgehead atoms. The van der Waals surface area contributed by atoms with Crippen molar-refractivity contribution in [1.29, 1.82) is 0 Å². The van der Waals surface area contributed by atoms with E-state index in [0.29, 0.717) is 23.5 Å². The number of hydrogen-bond acceptors (Lipinski definition) is 2. The predicted octanol–water partition coefficient (Wildman–Crippen LogP) is 4.39. The van der Waals surface area contributed by atoms with Gasteiger partial charge in [-0.2, -0.15) is 0 Å². The molecule has 0 spiro atoms. The number of rotatable bonds is 8. The summed E-state index contributed by atoms with van der Waals surface area (Å²) in [7, 11) is 0. The summed E-state index contributed by atoms with van der Waals surface area (Å²) < 4.78 is 6.03. The molecule has 0 aromatic rings. The Bertz CT molecular complexity index is 281. The second-order valence-electron chi connectivity index (χ2n) is 8.07. The van der Waals surface area contributed by atoms with E-state index in [1.54, 1.807) is 0 Å². The summed E-state index contributed by atoms with van der Waals surface area (Å²) >= 11 is 0. The number of nitrogens with one attached hydrogen (secondary N) is 1. The molecule has 2 nitrogen and oxygen atoms in total. The maximum atomic E-state index is 6.03. The van der Waals surface area contributed by atoms with Crippen LogP contribution in [0.5, 0.6) is 0 Å². The lowest BCUT2D eigenvalue weighted by atomic mass is 9.64. The highest BCUT2D eigenvalue weighted by atomic mass is 16.5. The average Bonchev–Trinajstić information content (AvgIpc) is 2.88. The zero-order valence-corrected chi connectivity index (χ0v) is 14.1. The zero-order chi connectivity index (χ0) is 14.6. The molecule has 0 aromatic heterocycles. The van der Waals surface area contributed by atoms with Gasteiger partial charge in [-0.3, -0.25) is 0 Å². The van der Waals surface area contributed by atoms with E-state index in [0.717, 1.165) is 12.5 Å².